The first-order valence-corrected chi connectivity index (χ1v) is 8.33. The minimum atomic E-state index is -0.712. The first-order valence-electron chi connectivity index (χ1n) is 8.33. The van der Waals surface area contributed by atoms with E-state index in [2.05, 4.69) is 10.3 Å². The van der Waals surface area contributed by atoms with Gasteiger partial charge in [-0.25, -0.2) is 4.98 Å². The number of hydrogen-bond acceptors (Lipinski definition) is 5. The number of para-hydroxylation sites is 3. The number of carbonyl (C=O) groups is 1. The zero-order valence-electron chi connectivity index (χ0n) is 13.9. The summed E-state index contributed by atoms with van der Waals surface area (Å²) in [4.78, 5) is 28.9. The number of nitrogens with one attached hydrogen (secondary N) is 1. The fourth-order valence-electron chi connectivity index (χ4n) is 2.83. The van der Waals surface area contributed by atoms with Gasteiger partial charge in [0.2, 0.25) is 6.10 Å². The monoisotopic (exact) mass is 351 g/mol. The second-order valence-corrected chi connectivity index (χ2v) is 5.92. The topological polar surface area (TPSA) is 82.5 Å². The van der Waals surface area contributed by atoms with Crippen molar-refractivity contribution in [2.45, 2.75) is 12.6 Å². The molecule has 1 atom stereocenters. The van der Waals surface area contributed by atoms with Gasteiger partial charge in [-0.2, -0.15) is 0 Å². The average molecular weight is 351 g/mol. The number of hydrogen-bond donors (Lipinski definition) is 1. The molecular formula is C19H17N3O4. The Morgan fingerprint density at radius 2 is 1.92 bits per heavy atom. The summed E-state index contributed by atoms with van der Waals surface area (Å²) in [5.74, 6) is 0.903. The molecule has 1 aliphatic heterocycles. The van der Waals surface area contributed by atoms with Crippen LogP contribution in [0.5, 0.6) is 11.5 Å². The van der Waals surface area contributed by atoms with Crippen molar-refractivity contribution >= 4 is 16.8 Å². The predicted octanol–water partition coefficient (Wildman–Crippen LogP) is 1.35. The zero-order chi connectivity index (χ0) is 17.9. The van der Waals surface area contributed by atoms with E-state index in [1.807, 2.05) is 18.2 Å². The van der Waals surface area contributed by atoms with Gasteiger partial charge in [0.05, 0.1) is 17.2 Å². The van der Waals surface area contributed by atoms with Gasteiger partial charge in [-0.15, -0.1) is 0 Å². The van der Waals surface area contributed by atoms with Crippen LogP contribution in [0.25, 0.3) is 10.9 Å². The number of benzene rings is 2. The fourth-order valence-corrected chi connectivity index (χ4v) is 2.83. The van der Waals surface area contributed by atoms with Crippen LogP contribution >= 0.6 is 0 Å². The summed E-state index contributed by atoms with van der Waals surface area (Å²) in [7, 11) is 0. The molecule has 0 aliphatic carbocycles. The zero-order valence-corrected chi connectivity index (χ0v) is 13.9. The van der Waals surface area contributed by atoms with Crippen LogP contribution in [0, 0.1) is 0 Å². The molecular weight excluding hydrogens is 334 g/mol. The van der Waals surface area contributed by atoms with E-state index in [0.717, 1.165) is 0 Å². The number of fused-ring (bicyclic) bond motifs is 2. The van der Waals surface area contributed by atoms with Crippen molar-refractivity contribution in [3.8, 4) is 11.5 Å². The van der Waals surface area contributed by atoms with Gasteiger partial charge in [-0.05, 0) is 24.3 Å². The summed E-state index contributed by atoms with van der Waals surface area (Å²) < 4.78 is 12.7. The van der Waals surface area contributed by atoms with Crippen LogP contribution in [0.2, 0.25) is 0 Å². The van der Waals surface area contributed by atoms with Crippen LogP contribution in [0.1, 0.15) is 0 Å². The summed E-state index contributed by atoms with van der Waals surface area (Å²) >= 11 is 0. The van der Waals surface area contributed by atoms with E-state index in [1.165, 1.54) is 10.9 Å². The largest absolute Gasteiger partial charge is 0.485 e. The van der Waals surface area contributed by atoms with Gasteiger partial charge < -0.3 is 14.8 Å². The molecule has 7 nitrogen and oxygen atoms in total. The third-order valence-electron chi connectivity index (χ3n) is 4.18. The lowest BCUT2D eigenvalue weighted by molar-refractivity contribution is -0.130. The van der Waals surface area contributed by atoms with Gasteiger partial charge in [-0.1, -0.05) is 24.3 Å². The lowest BCUT2D eigenvalue weighted by Crippen LogP contribution is -2.45. The summed E-state index contributed by atoms with van der Waals surface area (Å²) in [6.45, 7) is 0.771. The highest BCUT2D eigenvalue weighted by Crippen LogP contribution is 2.30. The molecule has 1 N–H and O–H groups in total. The fraction of sp³-hybridized carbons (Fsp3) is 0.211. The maximum atomic E-state index is 12.4. The number of rotatable bonds is 4. The molecule has 0 fully saturated rings. The smallest absolute Gasteiger partial charge is 0.264 e. The number of aromatic nitrogens is 2. The molecule has 1 aliphatic rings. The molecule has 2 aromatic carbocycles. The summed E-state index contributed by atoms with van der Waals surface area (Å²) in [5, 5.41) is 3.33. The predicted molar refractivity (Wildman–Crippen MR) is 95.4 cm³/mol. The van der Waals surface area contributed by atoms with Crippen LogP contribution in [0.15, 0.2) is 59.7 Å². The molecule has 26 heavy (non-hydrogen) atoms. The molecule has 3 aromatic rings. The molecule has 0 radical (unpaired) electrons. The lowest BCUT2D eigenvalue weighted by Gasteiger charge is -2.25. The maximum Gasteiger partial charge on any atom is 0.264 e. The third kappa shape index (κ3) is 3.11. The van der Waals surface area contributed by atoms with Crippen LogP contribution < -0.4 is 20.3 Å². The van der Waals surface area contributed by atoms with Gasteiger partial charge in [0.15, 0.2) is 11.5 Å². The second kappa shape index (κ2) is 6.87. The molecule has 132 valence electrons. The molecule has 0 saturated carbocycles. The van der Waals surface area contributed by atoms with Crippen molar-refractivity contribution in [3.05, 3.63) is 65.2 Å². The SMILES string of the molecule is O=C(NCCn1cnc2ccccc2c1=O)[C@H]1COc2ccccc2O1. The van der Waals surface area contributed by atoms with Crippen molar-refractivity contribution in [2.24, 2.45) is 0 Å². The van der Waals surface area contributed by atoms with Crippen LogP contribution in [-0.4, -0.2) is 34.7 Å². The minimum absolute atomic E-state index is 0.129. The van der Waals surface area contributed by atoms with E-state index in [1.54, 1.807) is 30.3 Å². The minimum Gasteiger partial charge on any atom is -0.485 e. The molecule has 7 heteroatoms. The number of amides is 1. The number of carbonyl (C=O) groups excluding carboxylic acids is 1. The van der Waals surface area contributed by atoms with Crippen molar-refractivity contribution in [1.82, 2.24) is 14.9 Å². The highest BCUT2D eigenvalue weighted by atomic mass is 16.6. The Balaban J connectivity index is 1.37. The maximum absolute atomic E-state index is 12.4. The number of nitrogens with zero attached hydrogens (tertiary/aromatic N) is 2. The molecule has 0 unspecified atom stereocenters. The highest BCUT2D eigenvalue weighted by Gasteiger charge is 2.26. The molecule has 2 heterocycles. The third-order valence-corrected chi connectivity index (χ3v) is 4.18. The quantitative estimate of drug-likeness (QED) is 0.767. The Labute approximate surface area is 149 Å². The summed E-state index contributed by atoms with van der Waals surface area (Å²) in [5.41, 5.74) is 0.528. The highest BCUT2D eigenvalue weighted by molar-refractivity contribution is 5.81. The molecule has 1 amide bonds. The van der Waals surface area contributed by atoms with Crippen molar-refractivity contribution in [2.75, 3.05) is 13.2 Å². The Kier molecular flexibility index (Phi) is 4.27. The van der Waals surface area contributed by atoms with E-state index >= 15 is 0 Å². The van der Waals surface area contributed by atoms with Crippen molar-refractivity contribution < 1.29 is 14.3 Å². The summed E-state index contributed by atoms with van der Waals surface area (Å²) in [6, 6.07) is 14.4. The van der Waals surface area contributed by atoms with Gasteiger partial charge in [-0.3, -0.25) is 14.2 Å². The van der Waals surface area contributed by atoms with Crippen LogP contribution in [0.4, 0.5) is 0 Å². The average Bonchev–Trinajstić information content (AvgIpc) is 2.69. The van der Waals surface area contributed by atoms with E-state index in [9.17, 15) is 9.59 Å². The Bertz CT molecular complexity index is 1010. The van der Waals surface area contributed by atoms with Gasteiger partial charge in [0.1, 0.15) is 6.61 Å². The van der Waals surface area contributed by atoms with Gasteiger partial charge >= 0.3 is 0 Å². The Morgan fingerprint density at radius 1 is 1.15 bits per heavy atom. The van der Waals surface area contributed by atoms with Crippen molar-refractivity contribution in [1.29, 1.82) is 0 Å². The standard InChI is InChI=1S/C19H17N3O4/c23-18(17-11-25-15-7-3-4-8-16(15)26-17)20-9-10-22-12-21-14-6-2-1-5-13(14)19(22)24/h1-8,12,17H,9-11H2,(H,20,23)/t17-/m1/s1. The molecule has 1 aromatic heterocycles. The van der Waals surface area contributed by atoms with Crippen molar-refractivity contribution in [3.63, 3.8) is 0 Å². The second-order valence-electron chi connectivity index (χ2n) is 5.92. The summed E-state index contributed by atoms with van der Waals surface area (Å²) in [6.07, 6.45) is 0.782. The first-order chi connectivity index (χ1) is 12.7. The molecule has 0 spiro atoms. The molecule has 4 rings (SSSR count). The van der Waals surface area contributed by atoms with E-state index in [-0.39, 0.29) is 18.1 Å². The van der Waals surface area contributed by atoms with Gasteiger partial charge in [0.25, 0.3) is 11.5 Å². The lowest BCUT2D eigenvalue weighted by atomic mass is 10.2. The van der Waals surface area contributed by atoms with E-state index in [0.29, 0.717) is 35.5 Å². The Hall–Kier alpha value is -3.35. The van der Waals surface area contributed by atoms with Crippen LogP contribution in [0.3, 0.4) is 0 Å². The Morgan fingerprint density at radius 3 is 2.81 bits per heavy atom. The number of ether oxygens (including phenoxy) is 2. The normalized spacial score (nSPS) is 15.6. The van der Waals surface area contributed by atoms with E-state index in [4.69, 9.17) is 9.47 Å². The molecule has 0 bridgehead atoms. The first kappa shape index (κ1) is 16.1. The molecule has 0 saturated heterocycles. The van der Waals surface area contributed by atoms with Gasteiger partial charge in [0, 0.05) is 13.1 Å². The van der Waals surface area contributed by atoms with Crippen LogP contribution in [-0.2, 0) is 11.3 Å². The van der Waals surface area contributed by atoms with E-state index < -0.39 is 6.10 Å².